The molecule has 0 spiro atoms. The van der Waals surface area contributed by atoms with Crippen LogP contribution in [0.1, 0.15) is 13.8 Å². The van der Waals surface area contributed by atoms with Gasteiger partial charge in [0.1, 0.15) is 24.7 Å². The Kier molecular flexibility index (Phi) is 6.39. The second-order valence-electron chi connectivity index (χ2n) is 6.07. The first-order valence-electron chi connectivity index (χ1n) is 7.74. The molecule has 0 aliphatic carbocycles. The molecule has 0 bridgehead atoms. The fourth-order valence-electron chi connectivity index (χ4n) is 1.78. The van der Waals surface area contributed by atoms with Crippen molar-refractivity contribution in [3.8, 4) is 11.5 Å². The van der Waals surface area contributed by atoms with E-state index in [-0.39, 0.29) is 13.2 Å². The van der Waals surface area contributed by atoms with Crippen molar-refractivity contribution >= 4 is 12.3 Å². The molecule has 0 heterocycles. The predicted molar refractivity (Wildman–Crippen MR) is 90.6 cm³/mol. The number of para-hydroxylation sites is 2. The molecule has 0 N–H and O–H groups in total. The Balaban J connectivity index is 1.71. The van der Waals surface area contributed by atoms with E-state index in [0.717, 1.165) is 0 Å². The Bertz CT molecular complexity index is 622. The number of hydrogen-bond acceptors (Lipinski definition) is 6. The number of carbonyl (C=O) groups is 2. The van der Waals surface area contributed by atoms with E-state index in [2.05, 4.69) is 0 Å². The monoisotopic (exact) mass is 344 g/mol. The van der Waals surface area contributed by atoms with Crippen molar-refractivity contribution < 1.29 is 28.5 Å². The van der Waals surface area contributed by atoms with Crippen molar-refractivity contribution in [2.45, 2.75) is 13.8 Å². The summed E-state index contributed by atoms with van der Waals surface area (Å²) in [5.41, 5.74) is -0.592. The number of rotatable bonds is 6. The zero-order valence-corrected chi connectivity index (χ0v) is 14.1. The molecule has 132 valence electrons. The number of ether oxygens (including phenoxy) is 4. The van der Waals surface area contributed by atoms with E-state index in [1.54, 1.807) is 62.4 Å². The van der Waals surface area contributed by atoms with Crippen LogP contribution in [-0.4, -0.2) is 25.5 Å². The standard InChI is InChI=1S/C19H20O6/c1-19(2,13-22-17(20)24-15-9-5-3-6-10-15)14-23-18(21)25-16-11-7-4-8-12-16/h3-12H,13-14H2,1-2H3. The lowest BCUT2D eigenvalue weighted by Gasteiger charge is -2.23. The van der Waals surface area contributed by atoms with Crippen molar-refractivity contribution in [1.29, 1.82) is 0 Å². The van der Waals surface area contributed by atoms with E-state index in [1.807, 2.05) is 12.1 Å². The Morgan fingerprint density at radius 1 is 0.720 bits per heavy atom. The van der Waals surface area contributed by atoms with Crippen LogP contribution in [0.15, 0.2) is 60.7 Å². The van der Waals surface area contributed by atoms with Gasteiger partial charge >= 0.3 is 12.3 Å². The van der Waals surface area contributed by atoms with Gasteiger partial charge in [0, 0.05) is 5.41 Å². The van der Waals surface area contributed by atoms with Crippen LogP contribution in [0.4, 0.5) is 9.59 Å². The van der Waals surface area contributed by atoms with Gasteiger partial charge in [-0.1, -0.05) is 50.2 Å². The quantitative estimate of drug-likeness (QED) is 0.570. The molecule has 0 aromatic heterocycles. The Morgan fingerprint density at radius 3 is 1.44 bits per heavy atom. The highest BCUT2D eigenvalue weighted by Crippen LogP contribution is 2.18. The normalized spacial score (nSPS) is 10.6. The van der Waals surface area contributed by atoms with Crippen LogP contribution < -0.4 is 9.47 Å². The Hall–Kier alpha value is -3.02. The van der Waals surface area contributed by atoms with E-state index >= 15 is 0 Å². The van der Waals surface area contributed by atoms with Crippen LogP contribution in [0.5, 0.6) is 11.5 Å². The molecule has 2 rings (SSSR count). The third-order valence-electron chi connectivity index (χ3n) is 3.05. The van der Waals surface area contributed by atoms with Gasteiger partial charge in [0.2, 0.25) is 0 Å². The molecule has 0 atom stereocenters. The van der Waals surface area contributed by atoms with Crippen LogP contribution in [0.2, 0.25) is 0 Å². The third kappa shape index (κ3) is 6.95. The highest BCUT2D eigenvalue weighted by Gasteiger charge is 2.24. The van der Waals surface area contributed by atoms with E-state index in [9.17, 15) is 9.59 Å². The van der Waals surface area contributed by atoms with Gasteiger partial charge in [-0.2, -0.15) is 0 Å². The van der Waals surface area contributed by atoms with Crippen LogP contribution in [-0.2, 0) is 9.47 Å². The second kappa shape index (κ2) is 8.73. The van der Waals surface area contributed by atoms with Gasteiger partial charge < -0.3 is 18.9 Å². The largest absolute Gasteiger partial charge is 0.513 e. The third-order valence-corrected chi connectivity index (χ3v) is 3.05. The SMILES string of the molecule is CC(C)(COC(=O)Oc1ccccc1)COC(=O)Oc1ccccc1. The molecule has 0 radical (unpaired) electrons. The van der Waals surface area contributed by atoms with E-state index in [0.29, 0.717) is 11.5 Å². The van der Waals surface area contributed by atoms with Gasteiger partial charge in [-0.15, -0.1) is 0 Å². The minimum atomic E-state index is -0.814. The highest BCUT2D eigenvalue weighted by atomic mass is 16.7. The summed E-state index contributed by atoms with van der Waals surface area (Å²) in [5, 5.41) is 0. The van der Waals surface area contributed by atoms with Gasteiger partial charge in [-0.05, 0) is 24.3 Å². The van der Waals surface area contributed by atoms with Crippen molar-refractivity contribution in [1.82, 2.24) is 0 Å². The zero-order valence-electron chi connectivity index (χ0n) is 14.1. The Labute approximate surface area is 146 Å². The number of carbonyl (C=O) groups excluding carboxylic acids is 2. The predicted octanol–water partition coefficient (Wildman–Crippen LogP) is 4.44. The lowest BCUT2D eigenvalue weighted by molar-refractivity contribution is 0.0182. The minimum Gasteiger partial charge on any atom is -0.433 e. The zero-order chi connectivity index (χ0) is 18.1. The maximum atomic E-state index is 11.7. The van der Waals surface area contributed by atoms with Gasteiger partial charge in [0.05, 0.1) is 0 Å². The summed E-state index contributed by atoms with van der Waals surface area (Å²) in [6.45, 7) is 3.63. The first-order chi connectivity index (χ1) is 11.9. The average Bonchev–Trinajstić information content (AvgIpc) is 2.60. The first kappa shape index (κ1) is 18.3. The molecule has 0 aliphatic rings. The topological polar surface area (TPSA) is 71.1 Å². The average molecular weight is 344 g/mol. The molecule has 0 saturated heterocycles. The van der Waals surface area contributed by atoms with Gasteiger partial charge in [0.15, 0.2) is 0 Å². The number of benzene rings is 2. The second-order valence-corrected chi connectivity index (χ2v) is 6.07. The lowest BCUT2D eigenvalue weighted by Crippen LogP contribution is -2.30. The van der Waals surface area contributed by atoms with Crippen molar-refractivity contribution in [2.75, 3.05) is 13.2 Å². The van der Waals surface area contributed by atoms with E-state index in [4.69, 9.17) is 18.9 Å². The van der Waals surface area contributed by atoms with Crippen LogP contribution >= 0.6 is 0 Å². The van der Waals surface area contributed by atoms with Gasteiger partial charge in [-0.3, -0.25) is 0 Å². The fraction of sp³-hybridized carbons (Fsp3) is 0.263. The molecule has 0 fully saturated rings. The summed E-state index contributed by atoms with van der Waals surface area (Å²) in [6.07, 6.45) is -1.63. The maximum absolute atomic E-state index is 11.7. The summed E-state index contributed by atoms with van der Waals surface area (Å²) in [7, 11) is 0. The molecule has 6 nitrogen and oxygen atoms in total. The van der Waals surface area contributed by atoms with E-state index in [1.165, 1.54) is 0 Å². The lowest BCUT2D eigenvalue weighted by atomic mass is 9.96. The fourth-order valence-corrected chi connectivity index (χ4v) is 1.78. The van der Waals surface area contributed by atoms with Crippen LogP contribution in [0.25, 0.3) is 0 Å². The molecular weight excluding hydrogens is 324 g/mol. The Morgan fingerprint density at radius 2 is 1.08 bits per heavy atom. The molecule has 6 heteroatoms. The minimum absolute atomic E-state index is 0.0251. The molecule has 0 aliphatic heterocycles. The summed E-state index contributed by atoms with van der Waals surface area (Å²) < 4.78 is 20.2. The molecule has 0 unspecified atom stereocenters. The van der Waals surface area contributed by atoms with Crippen molar-refractivity contribution in [3.05, 3.63) is 60.7 Å². The number of hydrogen-bond donors (Lipinski definition) is 0. The smallest absolute Gasteiger partial charge is 0.433 e. The molecule has 25 heavy (non-hydrogen) atoms. The molecular formula is C19H20O6. The summed E-state index contributed by atoms with van der Waals surface area (Å²) >= 11 is 0. The van der Waals surface area contributed by atoms with Crippen LogP contribution in [0, 0.1) is 5.41 Å². The van der Waals surface area contributed by atoms with Gasteiger partial charge in [0.25, 0.3) is 0 Å². The summed E-state index contributed by atoms with van der Waals surface area (Å²) in [6, 6.07) is 17.2. The van der Waals surface area contributed by atoms with Gasteiger partial charge in [-0.25, -0.2) is 9.59 Å². The summed E-state index contributed by atoms with van der Waals surface area (Å²) in [5.74, 6) is 0.793. The maximum Gasteiger partial charge on any atom is 0.513 e. The molecule has 2 aromatic rings. The summed E-state index contributed by atoms with van der Waals surface area (Å²) in [4.78, 5) is 23.3. The van der Waals surface area contributed by atoms with E-state index < -0.39 is 17.7 Å². The van der Waals surface area contributed by atoms with Crippen molar-refractivity contribution in [3.63, 3.8) is 0 Å². The molecule has 2 aromatic carbocycles. The first-order valence-corrected chi connectivity index (χ1v) is 7.74. The molecule has 0 saturated carbocycles. The van der Waals surface area contributed by atoms with Crippen molar-refractivity contribution in [2.24, 2.45) is 5.41 Å². The molecule has 0 amide bonds. The highest BCUT2D eigenvalue weighted by molar-refractivity contribution is 5.64. The van der Waals surface area contributed by atoms with Crippen LogP contribution in [0.3, 0.4) is 0 Å².